The fourth-order valence-electron chi connectivity index (χ4n) is 1.68. The number of benzene rings is 1. The van der Waals surface area contributed by atoms with E-state index in [-0.39, 0.29) is 25.3 Å². The molecule has 0 aromatic heterocycles. The van der Waals surface area contributed by atoms with Crippen LogP contribution in [0.5, 0.6) is 0 Å². The summed E-state index contributed by atoms with van der Waals surface area (Å²) in [6.07, 6.45) is -3.29. The summed E-state index contributed by atoms with van der Waals surface area (Å²) in [5.74, 6) is -0.436. The summed E-state index contributed by atoms with van der Waals surface area (Å²) in [4.78, 5) is 23.0. The van der Waals surface area contributed by atoms with Gasteiger partial charge in [-0.05, 0) is 18.6 Å². The summed E-state index contributed by atoms with van der Waals surface area (Å²) in [7, 11) is 0. The van der Waals surface area contributed by atoms with E-state index in [4.69, 9.17) is 9.47 Å². The average molecular weight is 347 g/mol. The summed E-state index contributed by atoms with van der Waals surface area (Å²) >= 11 is 0. The van der Waals surface area contributed by atoms with Crippen LogP contribution in [0.15, 0.2) is 24.3 Å². The van der Waals surface area contributed by atoms with E-state index in [1.165, 1.54) is 0 Å². The van der Waals surface area contributed by atoms with E-state index in [1.54, 1.807) is 0 Å². The number of nitrogens with one attached hydrogen (secondary N) is 1. The van der Waals surface area contributed by atoms with Gasteiger partial charge in [0.05, 0.1) is 18.8 Å². The van der Waals surface area contributed by atoms with Crippen LogP contribution in [0.1, 0.15) is 35.7 Å². The molecule has 5 nitrogen and oxygen atoms in total. The van der Waals surface area contributed by atoms with Gasteiger partial charge in [-0.15, -0.1) is 0 Å². The van der Waals surface area contributed by atoms with Crippen LogP contribution in [0.3, 0.4) is 0 Å². The fourth-order valence-corrected chi connectivity index (χ4v) is 1.68. The van der Waals surface area contributed by atoms with E-state index >= 15 is 0 Å². The molecule has 0 bridgehead atoms. The van der Waals surface area contributed by atoms with Crippen LogP contribution in [-0.2, 0) is 15.7 Å². The maximum Gasteiger partial charge on any atom is 0.416 e. The highest BCUT2D eigenvalue weighted by molar-refractivity contribution is 5.97. The average Bonchev–Trinajstić information content (AvgIpc) is 2.54. The molecule has 24 heavy (non-hydrogen) atoms. The third-order valence-electron chi connectivity index (χ3n) is 3.01. The summed E-state index contributed by atoms with van der Waals surface area (Å²) in [5.41, 5.74) is -0.680. The van der Waals surface area contributed by atoms with Gasteiger partial charge in [0.2, 0.25) is 0 Å². The molecule has 0 unspecified atom stereocenters. The summed E-state index contributed by atoms with van der Waals surface area (Å²) in [6, 6.07) is 3.91. The predicted molar refractivity (Wildman–Crippen MR) is 80.9 cm³/mol. The number of carbonyl (C=O) groups is 2. The minimum atomic E-state index is -4.44. The predicted octanol–water partition coefficient (Wildman–Crippen LogP) is 3.43. The topological polar surface area (TPSA) is 64.6 Å². The highest BCUT2D eigenvalue weighted by Crippen LogP contribution is 2.29. The molecule has 134 valence electrons. The Labute approximate surface area is 138 Å². The molecule has 1 aromatic carbocycles. The van der Waals surface area contributed by atoms with Crippen molar-refractivity contribution in [1.29, 1.82) is 0 Å². The zero-order valence-electron chi connectivity index (χ0n) is 13.3. The van der Waals surface area contributed by atoms with Crippen molar-refractivity contribution in [2.75, 3.05) is 26.4 Å². The minimum absolute atomic E-state index is 0.0925. The van der Waals surface area contributed by atoms with Crippen molar-refractivity contribution >= 4 is 11.9 Å². The SMILES string of the molecule is CCCCOC(=O)NCCOCC(=O)c1ccc(C(F)(F)F)cc1. The summed E-state index contributed by atoms with van der Waals surface area (Å²) in [5, 5.41) is 2.46. The number of halogens is 3. The standard InChI is InChI=1S/C16H20F3NO4/c1-2-3-9-24-15(22)20-8-10-23-11-14(21)12-4-6-13(7-5-12)16(17,18)19/h4-7H,2-3,8-11H2,1H3,(H,20,22). The van der Waals surface area contributed by atoms with Crippen molar-refractivity contribution < 1.29 is 32.2 Å². The molecule has 0 atom stereocenters. The van der Waals surface area contributed by atoms with E-state index in [0.29, 0.717) is 6.61 Å². The molecular weight excluding hydrogens is 327 g/mol. The van der Waals surface area contributed by atoms with Crippen LogP contribution in [0.2, 0.25) is 0 Å². The Morgan fingerprint density at radius 2 is 1.79 bits per heavy atom. The fraction of sp³-hybridized carbons (Fsp3) is 0.500. The highest BCUT2D eigenvalue weighted by Gasteiger charge is 2.30. The van der Waals surface area contributed by atoms with Crippen LogP contribution < -0.4 is 5.32 Å². The van der Waals surface area contributed by atoms with Crippen molar-refractivity contribution in [2.45, 2.75) is 25.9 Å². The zero-order chi connectivity index (χ0) is 18.0. The van der Waals surface area contributed by atoms with Gasteiger partial charge in [0.1, 0.15) is 6.61 Å². The first-order chi connectivity index (χ1) is 11.3. The quantitative estimate of drug-likeness (QED) is 0.549. The normalized spacial score (nSPS) is 11.2. The van der Waals surface area contributed by atoms with Crippen LogP contribution >= 0.6 is 0 Å². The van der Waals surface area contributed by atoms with Crippen molar-refractivity contribution in [3.63, 3.8) is 0 Å². The van der Waals surface area contributed by atoms with Gasteiger partial charge in [-0.1, -0.05) is 25.5 Å². The molecule has 0 aliphatic rings. The van der Waals surface area contributed by atoms with Crippen LogP contribution in [0.25, 0.3) is 0 Å². The van der Waals surface area contributed by atoms with E-state index in [1.807, 2.05) is 6.92 Å². The Kier molecular flexibility index (Phi) is 8.25. The second kappa shape index (κ2) is 9.92. The molecule has 1 amide bonds. The summed E-state index contributed by atoms with van der Waals surface area (Å²) in [6.45, 7) is 2.30. The first kappa shape index (κ1) is 20.0. The van der Waals surface area contributed by atoms with Crippen molar-refractivity contribution in [1.82, 2.24) is 5.32 Å². The van der Waals surface area contributed by atoms with Gasteiger partial charge in [-0.3, -0.25) is 4.79 Å². The zero-order valence-corrected chi connectivity index (χ0v) is 13.3. The summed E-state index contributed by atoms with van der Waals surface area (Å²) < 4.78 is 47.2. The molecule has 0 aliphatic heterocycles. The van der Waals surface area contributed by atoms with Crippen molar-refractivity contribution in [3.05, 3.63) is 35.4 Å². The first-order valence-corrected chi connectivity index (χ1v) is 7.53. The molecule has 0 fully saturated rings. The van der Waals surface area contributed by atoms with Gasteiger partial charge < -0.3 is 14.8 Å². The minimum Gasteiger partial charge on any atom is -0.450 e. The highest BCUT2D eigenvalue weighted by atomic mass is 19.4. The number of hydrogen-bond donors (Lipinski definition) is 1. The number of unbranched alkanes of at least 4 members (excludes halogenated alkanes) is 1. The molecule has 0 spiro atoms. The lowest BCUT2D eigenvalue weighted by Crippen LogP contribution is -2.28. The Hall–Kier alpha value is -2.09. The van der Waals surface area contributed by atoms with Gasteiger partial charge in [-0.25, -0.2) is 4.79 Å². The molecule has 1 rings (SSSR count). The molecule has 0 aliphatic carbocycles. The van der Waals surface area contributed by atoms with Gasteiger partial charge >= 0.3 is 12.3 Å². The number of amides is 1. The third-order valence-corrected chi connectivity index (χ3v) is 3.01. The number of ketones is 1. The number of alkyl carbamates (subject to hydrolysis) is 1. The first-order valence-electron chi connectivity index (χ1n) is 7.53. The smallest absolute Gasteiger partial charge is 0.416 e. The number of ether oxygens (including phenoxy) is 2. The molecule has 0 saturated carbocycles. The molecule has 1 N–H and O–H groups in total. The van der Waals surface area contributed by atoms with Crippen LogP contribution in [0, 0.1) is 0 Å². The van der Waals surface area contributed by atoms with Crippen LogP contribution in [-0.4, -0.2) is 38.2 Å². The molecular formula is C16H20F3NO4. The van der Waals surface area contributed by atoms with Gasteiger partial charge in [0.15, 0.2) is 5.78 Å². The Balaban J connectivity index is 2.23. The van der Waals surface area contributed by atoms with Gasteiger partial charge in [0, 0.05) is 12.1 Å². The number of carbonyl (C=O) groups excluding carboxylic acids is 2. The van der Waals surface area contributed by atoms with Crippen LogP contribution in [0.4, 0.5) is 18.0 Å². The maximum absolute atomic E-state index is 12.4. The lowest BCUT2D eigenvalue weighted by Gasteiger charge is -2.08. The number of Topliss-reactive ketones (excluding diaryl/α,β-unsaturated/α-hetero) is 1. The lowest BCUT2D eigenvalue weighted by molar-refractivity contribution is -0.137. The maximum atomic E-state index is 12.4. The lowest BCUT2D eigenvalue weighted by atomic mass is 10.1. The van der Waals surface area contributed by atoms with Crippen molar-refractivity contribution in [2.24, 2.45) is 0 Å². The molecule has 8 heteroatoms. The van der Waals surface area contributed by atoms with Crippen molar-refractivity contribution in [3.8, 4) is 0 Å². The van der Waals surface area contributed by atoms with Gasteiger partial charge in [0.25, 0.3) is 0 Å². The van der Waals surface area contributed by atoms with Gasteiger partial charge in [-0.2, -0.15) is 13.2 Å². The monoisotopic (exact) mass is 347 g/mol. The second-order valence-corrected chi connectivity index (χ2v) is 4.97. The number of alkyl halides is 3. The Morgan fingerprint density at radius 1 is 1.12 bits per heavy atom. The molecule has 1 aromatic rings. The van der Waals surface area contributed by atoms with E-state index in [2.05, 4.69) is 5.32 Å². The Morgan fingerprint density at radius 3 is 2.38 bits per heavy atom. The molecule has 0 heterocycles. The molecule has 0 radical (unpaired) electrons. The Bertz CT molecular complexity index is 529. The molecule has 0 saturated heterocycles. The number of hydrogen-bond acceptors (Lipinski definition) is 4. The second-order valence-electron chi connectivity index (χ2n) is 4.97. The van der Waals surface area contributed by atoms with E-state index in [0.717, 1.165) is 37.1 Å². The third kappa shape index (κ3) is 7.45. The van der Waals surface area contributed by atoms with E-state index < -0.39 is 23.6 Å². The van der Waals surface area contributed by atoms with E-state index in [9.17, 15) is 22.8 Å². The number of rotatable bonds is 9. The largest absolute Gasteiger partial charge is 0.450 e.